The zero-order valence-corrected chi connectivity index (χ0v) is 50.6. The van der Waals surface area contributed by atoms with Gasteiger partial charge in [-0.05, 0) is 225 Å². The maximum Gasteiger partial charge on any atom is 0.119 e. The summed E-state index contributed by atoms with van der Waals surface area (Å²) in [4.78, 5) is 0. The first-order valence-electron chi connectivity index (χ1n) is 29.9. The predicted molar refractivity (Wildman–Crippen MR) is 359 cm³/mol. The molecule has 2 unspecified atom stereocenters. The van der Waals surface area contributed by atoms with Crippen molar-refractivity contribution < 1.29 is 9.47 Å². The van der Waals surface area contributed by atoms with Crippen molar-refractivity contribution in [1.29, 1.82) is 0 Å². The second kappa shape index (κ2) is 29.7. The second-order valence-electron chi connectivity index (χ2n) is 23.6. The molecule has 7 aromatic rings. The zero-order valence-electron chi connectivity index (χ0n) is 50.6. The third-order valence-electron chi connectivity index (χ3n) is 15.5. The molecular weight excluding hydrogens is 981 g/mol. The Morgan fingerprint density at radius 3 is 1.06 bits per heavy atom. The molecule has 81 heavy (non-hydrogen) atoms. The standard InChI is InChI=1S/C79H90O2/c1-14-18-20-59(16-3)54-80-77-38-34-69(35-39-77)74-48-67(49-75(52-74)70-36-40-78(41-37-70)81-55-60(17-4)21-19-15-2)29-27-62-24-22-61(23-25-62)26-28-63-42-64(30-32-66-45-71(56(5)6)51-72(46-66)57(7)8)44-65(43-63)31-33-68-47-73(58(9)10)53-76(50-68)79(11,12)13/h22-53,59-60H,5,7,9,14-21,54-55H2,1-4,6,8,10-13H3/b28-26+,29-27+,32-30+,33-31+. The summed E-state index contributed by atoms with van der Waals surface area (Å²) in [7, 11) is 0. The molecule has 2 nitrogen and oxygen atoms in total. The summed E-state index contributed by atoms with van der Waals surface area (Å²) in [5, 5.41) is 0. The molecule has 0 heterocycles. The Labute approximate surface area is 489 Å². The predicted octanol–water partition coefficient (Wildman–Crippen LogP) is 23.3. The van der Waals surface area contributed by atoms with Crippen LogP contribution in [0.1, 0.15) is 187 Å². The van der Waals surface area contributed by atoms with Gasteiger partial charge in [-0.25, -0.2) is 0 Å². The van der Waals surface area contributed by atoms with Gasteiger partial charge in [0.05, 0.1) is 13.2 Å². The Hall–Kier alpha value is -7.68. The van der Waals surface area contributed by atoms with E-state index >= 15 is 0 Å². The molecular formula is C79H90O2. The minimum Gasteiger partial charge on any atom is -0.493 e. The lowest BCUT2D eigenvalue weighted by Crippen LogP contribution is -2.11. The van der Waals surface area contributed by atoms with Gasteiger partial charge in [-0.15, -0.1) is 0 Å². The topological polar surface area (TPSA) is 18.5 Å². The van der Waals surface area contributed by atoms with E-state index in [0.29, 0.717) is 11.8 Å². The van der Waals surface area contributed by atoms with Gasteiger partial charge in [0.25, 0.3) is 0 Å². The van der Waals surface area contributed by atoms with Gasteiger partial charge in [0.15, 0.2) is 0 Å². The van der Waals surface area contributed by atoms with E-state index in [-0.39, 0.29) is 5.41 Å². The summed E-state index contributed by atoms with van der Waals surface area (Å²) >= 11 is 0. The Kier molecular flexibility index (Phi) is 22.3. The minimum absolute atomic E-state index is 0.0128. The molecule has 0 saturated carbocycles. The Morgan fingerprint density at radius 2 is 0.716 bits per heavy atom. The van der Waals surface area contributed by atoms with Crippen molar-refractivity contribution in [2.24, 2.45) is 11.8 Å². The van der Waals surface area contributed by atoms with E-state index in [0.717, 1.165) is 132 Å². The normalized spacial score (nSPS) is 12.7. The molecule has 0 aliphatic heterocycles. The molecule has 0 N–H and O–H groups in total. The molecule has 0 aliphatic carbocycles. The van der Waals surface area contributed by atoms with Crippen LogP contribution in [0.3, 0.4) is 0 Å². The van der Waals surface area contributed by atoms with Crippen molar-refractivity contribution in [2.75, 3.05) is 13.2 Å². The maximum atomic E-state index is 6.32. The van der Waals surface area contributed by atoms with Gasteiger partial charge in [0.2, 0.25) is 0 Å². The SMILES string of the molecule is C=C(C)c1cc(/C=C/c2cc(/C=C/c3ccc(/C=C/c4cc(-c5ccc(OCC(CC)CCCC)cc5)cc(-c5ccc(OCC(CC)CCCC)cc5)c4)cc3)cc(/C=C/c3cc(C(=C)C)cc(C(C)(C)C)c3)c2)cc(C(=C)C)c1. The summed E-state index contributed by atoms with van der Waals surface area (Å²) < 4.78 is 12.6. The van der Waals surface area contributed by atoms with Crippen molar-refractivity contribution in [3.05, 3.63) is 232 Å². The van der Waals surface area contributed by atoms with Crippen molar-refractivity contribution in [2.45, 2.75) is 126 Å². The third-order valence-corrected chi connectivity index (χ3v) is 15.5. The summed E-state index contributed by atoms with van der Waals surface area (Å²) in [6.07, 6.45) is 27.4. The molecule has 7 rings (SSSR count). The van der Waals surface area contributed by atoms with Gasteiger partial charge in [0, 0.05) is 0 Å². The van der Waals surface area contributed by atoms with Gasteiger partial charge in [0.1, 0.15) is 11.5 Å². The van der Waals surface area contributed by atoms with Crippen LogP contribution < -0.4 is 9.47 Å². The van der Waals surface area contributed by atoms with Crippen molar-refractivity contribution in [3.63, 3.8) is 0 Å². The van der Waals surface area contributed by atoms with Crippen LogP contribution in [0.4, 0.5) is 0 Å². The van der Waals surface area contributed by atoms with Crippen LogP contribution in [0, 0.1) is 11.8 Å². The van der Waals surface area contributed by atoms with E-state index in [1.165, 1.54) is 49.7 Å². The fourth-order valence-corrected chi connectivity index (χ4v) is 9.94. The number of unbranched alkanes of at least 4 members (excludes halogenated alkanes) is 2. The molecule has 2 heteroatoms. The average molecular weight is 1070 g/mol. The second-order valence-corrected chi connectivity index (χ2v) is 23.6. The van der Waals surface area contributed by atoms with Crippen LogP contribution >= 0.6 is 0 Å². The van der Waals surface area contributed by atoms with Crippen molar-refractivity contribution >= 4 is 65.3 Å². The molecule has 7 aromatic carbocycles. The lowest BCUT2D eigenvalue weighted by Gasteiger charge is -2.21. The summed E-state index contributed by atoms with van der Waals surface area (Å²) in [6, 6.07) is 53.1. The van der Waals surface area contributed by atoms with Crippen molar-refractivity contribution in [3.8, 4) is 33.8 Å². The van der Waals surface area contributed by atoms with Crippen LogP contribution in [0.2, 0.25) is 0 Å². The number of benzene rings is 7. The van der Waals surface area contributed by atoms with Gasteiger partial charge in [-0.1, -0.05) is 233 Å². The summed E-state index contributed by atoms with van der Waals surface area (Å²) in [5.74, 6) is 3.01. The highest BCUT2D eigenvalue weighted by Crippen LogP contribution is 2.33. The molecule has 0 spiro atoms. The highest BCUT2D eigenvalue weighted by Gasteiger charge is 2.16. The monoisotopic (exact) mass is 1070 g/mol. The number of hydrogen-bond acceptors (Lipinski definition) is 2. The summed E-state index contributed by atoms with van der Waals surface area (Å²) in [5.41, 5.74) is 21.5. The first-order valence-corrected chi connectivity index (χ1v) is 29.9. The van der Waals surface area contributed by atoms with Crippen LogP contribution in [0.15, 0.2) is 165 Å². The van der Waals surface area contributed by atoms with Crippen LogP contribution in [-0.2, 0) is 5.41 Å². The Morgan fingerprint density at radius 1 is 0.383 bits per heavy atom. The van der Waals surface area contributed by atoms with E-state index in [1.807, 2.05) is 0 Å². The molecule has 0 amide bonds. The van der Waals surface area contributed by atoms with Gasteiger partial charge >= 0.3 is 0 Å². The molecule has 2 atom stereocenters. The fraction of sp³-hybridized carbons (Fsp3) is 0.291. The third kappa shape index (κ3) is 18.7. The molecule has 0 fully saturated rings. The largest absolute Gasteiger partial charge is 0.493 e. The first-order chi connectivity index (χ1) is 39.0. The highest BCUT2D eigenvalue weighted by atomic mass is 16.5. The Bertz CT molecular complexity index is 3230. The lowest BCUT2D eigenvalue weighted by atomic mass is 9.84. The fourth-order valence-electron chi connectivity index (χ4n) is 9.94. The van der Waals surface area contributed by atoms with Crippen LogP contribution in [-0.4, -0.2) is 13.2 Å². The van der Waals surface area contributed by atoms with E-state index in [4.69, 9.17) is 9.47 Å². The molecule has 0 aromatic heterocycles. The summed E-state index contributed by atoms with van der Waals surface area (Å²) in [6.45, 7) is 36.3. The van der Waals surface area contributed by atoms with Gasteiger partial charge in [-0.3, -0.25) is 0 Å². The van der Waals surface area contributed by atoms with E-state index in [1.54, 1.807) is 0 Å². The van der Waals surface area contributed by atoms with E-state index in [9.17, 15) is 0 Å². The van der Waals surface area contributed by atoms with E-state index in [2.05, 4.69) is 283 Å². The lowest BCUT2D eigenvalue weighted by molar-refractivity contribution is 0.233. The highest BCUT2D eigenvalue weighted by molar-refractivity contribution is 5.83. The van der Waals surface area contributed by atoms with Gasteiger partial charge in [-0.2, -0.15) is 0 Å². The van der Waals surface area contributed by atoms with Crippen molar-refractivity contribution in [1.82, 2.24) is 0 Å². The number of hydrogen-bond donors (Lipinski definition) is 0. The first kappa shape index (κ1) is 61.0. The van der Waals surface area contributed by atoms with Gasteiger partial charge < -0.3 is 9.47 Å². The molecule has 418 valence electrons. The quantitative estimate of drug-likeness (QED) is 0.0478. The van der Waals surface area contributed by atoms with Crippen LogP contribution in [0.5, 0.6) is 11.5 Å². The van der Waals surface area contributed by atoms with Crippen LogP contribution in [0.25, 0.3) is 87.6 Å². The maximum absolute atomic E-state index is 6.32. The Balaban J connectivity index is 1.15. The zero-order chi connectivity index (χ0) is 57.9. The smallest absolute Gasteiger partial charge is 0.119 e. The minimum atomic E-state index is 0.0128. The molecule has 0 bridgehead atoms. The molecule has 0 aliphatic rings. The average Bonchev–Trinajstić information content (AvgIpc) is 3.51. The number of rotatable bonds is 27. The van der Waals surface area contributed by atoms with E-state index < -0.39 is 0 Å². The molecule has 0 saturated heterocycles. The number of ether oxygens (including phenoxy) is 2. The number of allylic oxidation sites excluding steroid dienone is 3. The molecule has 0 radical (unpaired) electrons.